The van der Waals surface area contributed by atoms with Crippen molar-refractivity contribution in [3.05, 3.63) is 119 Å². The third-order valence-electron chi connectivity index (χ3n) is 4.41. The van der Waals surface area contributed by atoms with Gasteiger partial charge in [-0.15, -0.1) is 0 Å². The molecule has 0 aromatic heterocycles. The van der Waals surface area contributed by atoms with Crippen molar-refractivity contribution in [2.24, 2.45) is 0 Å². The molecule has 2 N–H and O–H groups in total. The molecule has 0 aliphatic carbocycles. The van der Waals surface area contributed by atoms with Crippen molar-refractivity contribution in [2.45, 2.75) is 13.1 Å². The molecule has 2 amide bonds. The highest BCUT2D eigenvalue weighted by Crippen LogP contribution is 2.05. The Kier molecular flexibility index (Phi) is 7.75. The van der Waals surface area contributed by atoms with Crippen molar-refractivity contribution in [2.75, 3.05) is 0 Å². The van der Waals surface area contributed by atoms with E-state index in [1.54, 1.807) is 12.2 Å². The van der Waals surface area contributed by atoms with E-state index in [0.29, 0.717) is 13.1 Å². The van der Waals surface area contributed by atoms with E-state index in [1.165, 1.54) is 12.2 Å². The Bertz CT molecular complexity index is 923. The molecule has 0 saturated carbocycles. The normalized spacial score (nSPS) is 10.9. The van der Waals surface area contributed by atoms with Gasteiger partial charge >= 0.3 is 0 Å². The van der Waals surface area contributed by atoms with Crippen molar-refractivity contribution in [1.82, 2.24) is 10.6 Å². The van der Waals surface area contributed by atoms with E-state index >= 15 is 0 Å². The number of rotatable bonds is 8. The van der Waals surface area contributed by atoms with Gasteiger partial charge in [0, 0.05) is 25.2 Å². The molecule has 4 nitrogen and oxygen atoms in total. The maximum atomic E-state index is 11.9. The maximum Gasteiger partial charge on any atom is 0.244 e. The zero-order valence-corrected chi connectivity index (χ0v) is 16.6. The molecule has 4 heteroatoms. The van der Waals surface area contributed by atoms with Gasteiger partial charge < -0.3 is 10.6 Å². The number of carbonyl (C=O) groups is 2. The summed E-state index contributed by atoms with van der Waals surface area (Å²) in [5.41, 5.74) is 3.96. The standard InChI is InChI=1S/C26H24N2O2/c29-25(17-15-21-7-3-1-4-8-21)27-19-23-11-13-24(14-12-23)20-28-26(30)18-16-22-9-5-2-6-10-22/h1-18H,19-20H2,(H,27,29)(H,28,30). The minimum atomic E-state index is -0.139. The molecule has 0 aliphatic rings. The number of nitrogens with one attached hydrogen (secondary N) is 2. The smallest absolute Gasteiger partial charge is 0.244 e. The topological polar surface area (TPSA) is 58.2 Å². The molecular formula is C26H24N2O2. The zero-order chi connectivity index (χ0) is 21.0. The molecule has 0 atom stereocenters. The van der Waals surface area contributed by atoms with Crippen LogP contribution in [0.4, 0.5) is 0 Å². The summed E-state index contributed by atoms with van der Waals surface area (Å²) in [6, 6.07) is 27.2. The van der Waals surface area contributed by atoms with Crippen LogP contribution in [0, 0.1) is 0 Å². The van der Waals surface area contributed by atoms with Crippen molar-refractivity contribution in [3.8, 4) is 0 Å². The number of benzene rings is 3. The van der Waals surface area contributed by atoms with Gasteiger partial charge in [-0.2, -0.15) is 0 Å². The van der Waals surface area contributed by atoms with Gasteiger partial charge in [0.15, 0.2) is 0 Å². The second-order valence-corrected chi connectivity index (χ2v) is 6.74. The van der Waals surface area contributed by atoms with Crippen molar-refractivity contribution >= 4 is 24.0 Å². The van der Waals surface area contributed by atoms with Gasteiger partial charge in [-0.05, 0) is 34.4 Å². The Morgan fingerprint density at radius 3 is 1.30 bits per heavy atom. The Morgan fingerprint density at radius 2 is 0.933 bits per heavy atom. The quantitative estimate of drug-likeness (QED) is 0.556. The monoisotopic (exact) mass is 396 g/mol. The Balaban J connectivity index is 1.41. The van der Waals surface area contributed by atoms with Crippen LogP contribution in [-0.4, -0.2) is 11.8 Å². The molecule has 0 heterocycles. The molecule has 0 aliphatic heterocycles. The third-order valence-corrected chi connectivity index (χ3v) is 4.41. The van der Waals surface area contributed by atoms with E-state index in [2.05, 4.69) is 10.6 Å². The first-order valence-corrected chi connectivity index (χ1v) is 9.79. The van der Waals surface area contributed by atoms with Crippen LogP contribution in [0.25, 0.3) is 12.2 Å². The summed E-state index contributed by atoms with van der Waals surface area (Å²) < 4.78 is 0. The number of carbonyl (C=O) groups excluding carboxylic acids is 2. The number of hydrogen-bond acceptors (Lipinski definition) is 2. The lowest BCUT2D eigenvalue weighted by atomic mass is 10.1. The number of hydrogen-bond donors (Lipinski definition) is 2. The third kappa shape index (κ3) is 7.24. The molecule has 3 rings (SSSR count). The fourth-order valence-corrected chi connectivity index (χ4v) is 2.74. The summed E-state index contributed by atoms with van der Waals surface area (Å²) in [7, 11) is 0. The lowest BCUT2D eigenvalue weighted by Crippen LogP contribution is -2.21. The molecule has 0 bridgehead atoms. The second-order valence-electron chi connectivity index (χ2n) is 6.74. The lowest BCUT2D eigenvalue weighted by molar-refractivity contribution is -0.117. The van der Waals surface area contributed by atoms with Crippen LogP contribution in [0.15, 0.2) is 97.1 Å². The Morgan fingerprint density at radius 1 is 0.567 bits per heavy atom. The molecule has 3 aromatic carbocycles. The van der Waals surface area contributed by atoms with Crippen LogP contribution < -0.4 is 10.6 Å². The number of amides is 2. The van der Waals surface area contributed by atoms with E-state index in [-0.39, 0.29) is 11.8 Å². The van der Waals surface area contributed by atoms with E-state index in [1.807, 2.05) is 84.9 Å². The highest BCUT2D eigenvalue weighted by molar-refractivity contribution is 5.92. The predicted octanol–water partition coefficient (Wildman–Crippen LogP) is 4.35. The molecule has 0 fully saturated rings. The van der Waals surface area contributed by atoms with Gasteiger partial charge in [0.05, 0.1) is 0 Å². The lowest BCUT2D eigenvalue weighted by Gasteiger charge is -2.06. The minimum absolute atomic E-state index is 0.139. The van der Waals surface area contributed by atoms with Crippen molar-refractivity contribution < 1.29 is 9.59 Å². The maximum absolute atomic E-state index is 11.9. The predicted molar refractivity (Wildman–Crippen MR) is 121 cm³/mol. The summed E-state index contributed by atoms with van der Waals surface area (Å²) in [4.78, 5) is 23.9. The van der Waals surface area contributed by atoms with E-state index < -0.39 is 0 Å². The minimum Gasteiger partial charge on any atom is -0.348 e. The summed E-state index contributed by atoms with van der Waals surface area (Å²) in [6.07, 6.45) is 6.63. The van der Waals surface area contributed by atoms with Crippen LogP contribution in [0.5, 0.6) is 0 Å². The average molecular weight is 396 g/mol. The van der Waals surface area contributed by atoms with E-state index in [9.17, 15) is 9.59 Å². The van der Waals surface area contributed by atoms with E-state index in [4.69, 9.17) is 0 Å². The van der Waals surface area contributed by atoms with Crippen LogP contribution in [0.2, 0.25) is 0 Å². The first-order valence-electron chi connectivity index (χ1n) is 9.79. The highest BCUT2D eigenvalue weighted by atomic mass is 16.2. The van der Waals surface area contributed by atoms with Gasteiger partial charge in [0.2, 0.25) is 11.8 Å². The fraction of sp³-hybridized carbons (Fsp3) is 0.0769. The van der Waals surface area contributed by atoms with E-state index in [0.717, 1.165) is 22.3 Å². The molecule has 0 radical (unpaired) electrons. The van der Waals surface area contributed by atoms with Crippen LogP contribution >= 0.6 is 0 Å². The van der Waals surface area contributed by atoms with Crippen LogP contribution in [-0.2, 0) is 22.7 Å². The zero-order valence-electron chi connectivity index (χ0n) is 16.6. The molecule has 150 valence electrons. The molecule has 0 saturated heterocycles. The average Bonchev–Trinajstić information content (AvgIpc) is 2.80. The van der Waals surface area contributed by atoms with Gasteiger partial charge in [-0.3, -0.25) is 9.59 Å². The summed E-state index contributed by atoms with van der Waals surface area (Å²) >= 11 is 0. The van der Waals surface area contributed by atoms with Gasteiger partial charge in [-0.25, -0.2) is 0 Å². The molecular weight excluding hydrogens is 372 g/mol. The molecule has 0 unspecified atom stereocenters. The first-order chi connectivity index (χ1) is 14.7. The summed E-state index contributed by atoms with van der Waals surface area (Å²) in [5.74, 6) is -0.277. The van der Waals surface area contributed by atoms with Gasteiger partial charge in [-0.1, -0.05) is 84.9 Å². The second kappa shape index (κ2) is 11.2. The first kappa shape index (κ1) is 20.8. The van der Waals surface area contributed by atoms with Crippen molar-refractivity contribution in [1.29, 1.82) is 0 Å². The largest absolute Gasteiger partial charge is 0.348 e. The Hall–Kier alpha value is -3.92. The van der Waals surface area contributed by atoms with Crippen LogP contribution in [0.1, 0.15) is 22.3 Å². The van der Waals surface area contributed by atoms with Crippen molar-refractivity contribution in [3.63, 3.8) is 0 Å². The molecule has 0 spiro atoms. The Labute approximate surface area is 177 Å². The fourth-order valence-electron chi connectivity index (χ4n) is 2.74. The highest BCUT2D eigenvalue weighted by Gasteiger charge is 2.00. The van der Waals surface area contributed by atoms with Crippen LogP contribution in [0.3, 0.4) is 0 Å². The summed E-state index contributed by atoms with van der Waals surface area (Å²) in [5, 5.41) is 5.73. The molecule has 30 heavy (non-hydrogen) atoms. The molecule has 3 aromatic rings. The SMILES string of the molecule is O=C(C=Cc1ccccc1)NCc1ccc(CNC(=O)C=Cc2ccccc2)cc1. The van der Waals surface area contributed by atoms with Gasteiger partial charge in [0.25, 0.3) is 0 Å². The summed E-state index contributed by atoms with van der Waals surface area (Å²) in [6.45, 7) is 0.898. The van der Waals surface area contributed by atoms with Gasteiger partial charge in [0.1, 0.15) is 0 Å².